The molecule has 3 nitrogen and oxygen atoms in total. The summed E-state index contributed by atoms with van der Waals surface area (Å²) in [6.45, 7) is 2.46. The molecule has 1 N–H and O–H groups in total. The molecule has 1 aromatic heterocycles. The molecule has 0 aliphatic carbocycles. The monoisotopic (exact) mass is 164 g/mol. The number of nitrogens with one attached hydrogen (secondary N) is 1. The summed E-state index contributed by atoms with van der Waals surface area (Å²) in [7, 11) is 0. The molecule has 1 aromatic rings. The third-order valence-electron chi connectivity index (χ3n) is 1.97. The molecule has 3 heteroatoms. The van der Waals surface area contributed by atoms with E-state index in [-0.39, 0.29) is 6.04 Å². The second-order valence-electron chi connectivity index (χ2n) is 2.84. The van der Waals surface area contributed by atoms with Gasteiger partial charge in [0, 0.05) is 12.7 Å². The third-order valence-corrected chi connectivity index (χ3v) is 1.97. The first-order valence-electron chi connectivity index (χ1n) is 4.19. The van der Waals surface area contributed by atoms with Gasteiger partial charge in [-0.3, -0.25) is 4.98 Å². The van der Waals surface area contributed by atoms with Crippen molar-refractivity contribution < 1.29 is 4.74 Å². The van der Waals surface area contributed by atoms with Crippen molar-refractivity contribution in [3.05, 3.63) is 30.1 Å². The Kier molecular flexibility index (Phi) is 2.34. The van der Waals surface area contributed by atoms with Crippen molar-refractivity contribution in [1.82, 2.24) is 10.3 Å². The zero-order valence-corrected chi connectivity index (χ0v) is 6.86. The highest BCUT2D eigenvalue weighted by atomic mass is 16.5. The summed E-state index contributed by atoms with van der Waals surface area (Å²) < 4.78 is 5.33. The van der Waals surface area contributed by atoms with Gasteiger partial charge in [0.1, 0.15) is 0 Å². The van der Waals surface area contributed by atoms with Gasteiger partial charge in [0.2, 0.25) is 0 Å². The highest BCUT2D eigenvalue weighted by Crippen LogP contribution is 2.11. The van der Waals surface area contributed by atoms with E-state index in [9.17, 15) is 0 Å². The summed E-state index contributed by atoms with van der Waals surface area (Å²) in [6, 6.07) is 6.22. The topological polar surface area (TPSA) is 34.1 Å². The van der Waals surface area contributed by atoms with Gasteiger partial charge in [0.15, 0.2) is 0 Å². The van der Waals surface area contributed by atoms with Crippen LogP contribution in [0.1, 0.15) is 11.7 Å². The average molecular weight is 164 g/mol. The Labute approximate surface area is 71.8 Å². The largest absolute Gasteiger partial charge is 0.378 e. The van der Waals surface area contributed by atoms with Crippen LogP contribution in [0.15, 0.2) is 24.4 Å². The van der Waals surface area contributed by atoms with Gasteiger partial charge in [-0.15, -0.1) is 0 Å². The summed E-state index contributed by atoms with van der Waals surface area (Å²) in [5.41, 5.74) is 1.07. The molecule has 12 heavy (non-hydrogen) atoms. The molecular formula is C9H12N2O. The van der Waals surface area contributed by atoms with Gasteiger partial charge in [-0.05, 0) is 12.1 Å². The van der Waals surface area contributed by atoms with Crippen LogP contribution < -0.4 is 5.32 Å². The molecule has 0 amide bonds. The van der Waals surface area contributed by atoms with Gasteiger partial charge in [0.05, 0.1) is 24.9 Å². The minimum absolute atomic E-state index is 0.278. The average Bonchev–Trinajstić information content (AvgIpc) is 2.21. The quantitative estimate of drug-likeness (QED) is 0.664. The lowest BCUT2D eigenvalue weighted by atomic mass is 10.2. The first kappa shape index (κ1) is 7.71. The highest BCUT2D eigenvalue weighted by molar-refractivity contribution is 5.09. The van der Waals surface area contributed by atoms with E-state index in [2.05, 4.69) is 10.3 Å². The van der Waals surface area contributed by atoms with E-state index in [1.807, 2.05) is 24.4 Å². The second kappa shape index (κ2) is 3.65. The number of morpholine rings is 1. The number of rotatable bonds is 1. The molecule has 2 rings (SSSR count). The van der Waals surface area contributed by atoms with Crippen molar-refractivity contribution >= 4 is 0 Å². The Hall–Kier alpha value is -0.930. The van der Waals surface area contributed by atoms with Crippen molar-refractivity contribution in [3.8, 4) is 0 Å². The highest BCUT2D eigenvalue weighted by Gasteiger charge is 2.15. The molecule has 0 bridgehead atoms. The number of ether oxygens (including phenoxy) is 1. The van der Waals surface area contributed by atoms with Crippen LogP contribution in [0.4, 0.5) is 0 Å². The van der Waals surface area contributed by atoms with Crippen LogP contribution >= 0.6 is 0 Å². The number of pyridine rings is 1. The van der Waals surface area contributed by atoms with E-state index >= 15 is 0 Å². The predicted octanol–water partition coefficient (Wildman–Crippen LogP) is 0.742. The zero-order valence-electron chi connectivity index (χ0n) is 6.86. The molecule has 1 atom stereocenters. The number of hydrogen-bond donors (Lipinski definition) is 1. The molecule has 2 heterocycles. The maximum absolute atomic E-state index is 5.33. The summed E-state index contributed by atoms with van der Waals surface area (Å²) in [5.74, 6) is 0. The van der Waals surface area contributed by atoms with Gasteiger partial charge in [-0.2, -0.15) is 0 Å². The fraction of sp³-hybridized carbons (Fsp3) is 0.444. The fourth-order valence-corrected chi connectivity index (χ4v) is 1.34. The van der Waals surface area contributed by atoms with Gasteiger partial charge >= 0.3 is 0 Å². The molecule has 64 valence electrons. The Balaban J connectivity index is 2.08. The van der Waals surface area contributed by atoms with Crippen LogP contribution in [0.2, 0.25) is 0 Å². The van der Waals surface area contributed by atoms with Gasteiger partial charge < -0.3 is 10.1 Å². The molecule has 0 aromatic carbocycles. The van der Waals surface area contributed by atoms with Gasteiger partial charge in [-0.25, -0.2) is 0 Å². The van der Waals surface area contributed by atoms with Crippen LogP contribution in [-0.4, -0.2) is 24.7 Å². The minimum atomic E-state index is 0.278. The molecule has 0 radical (unpaired) electrons. The molecule has 0 spiro atoms. The summed E-state index contributed by atoms with van der Waals surface area (Å²) in [4.78, 5) is 4.26. The molecular weight excluding hydrogens is 152 g/mol. The van der Waals surface area contributed by atoms with E-state index in [1.54, 1.807) is 0 Å². The summed E-state index contributed by atoms with van der Waals surface area (Å²) >= 11 is 0. The molecule has 1 aliphatic heterocycles. The molecule has 0 saturated carbocycles. The maximum Gasteiger partial charge on any atom is 0.0733 e. The smallest absolute Gasteiger partial charge is 0.0733 e. The van der Waals surface area contributed by atoms with E-state index < -0.39 is 0 Å². The van der Waals surface area contributed by atoms with E-state index in [0.717, 1.165) is 25.5 Å². The summed E-state index contributed by atoms with van der Waals surface area (Å²) in [6.07, 6.45) is 1.81. The minimum Gasteiger partial charge on any atom is -0.378 e. The van der Waals surface area contributed by atoms with Crippen molar-refractivity contribution in [3.63, 3.8) is 0 Å². The molecule has 1 fully saturated rings. The predicted molar refractivity (Wildman–Crippen MR) is 45.8 cm³/mol. The van der Waals surface area contributed by atoms with Crippen LogP contribution in [0, 0.1) is 0 Å². The third kappa shape index (κ3) is 1.62. The van der Waals surface area contributed by atoms with E-state index in [1.165, 1.54) is 0 Å². The molecule has 1 saturated heterocycles. The standard InChI is InChI=1S/C9H12N2O/c1-2-4-10-8(3-1)9-7-12-6-5-11-9/h1-4,9,11H,5-7H2. The zero-order chi connectivity index (χ0) is 8.23. The SMILES string of the molecule is c1ccc(C2COCCN2)nc1. The van der Waals surface area contributed by atoms with Crippen molar-refractivity contribution in [2.75, 3.05) is 19.8 Å². The Bertz CT molecular complexity index is 232. The lowest BCUT2D eigenvalue weighted by Gasteiger charge is -2.22. The normalized spacial score (nSPS) is 23.8. The van der Waals surface area contributed by atoms with Crippen molar-refractivity contribution in [2.45, 2.75) is 6.04 Å². The first-order chi connectivity index (χ1) is 5.97. The lowest BCUT2D eigenvalue weighted by molar-refractivity contribution is 0.0756. The van der Waals surface area contributed by atoms with Crippen LogP contribution in [0.5, 0.6) is 0 Å². The Morgan fingerprint density at radius 3 is 3.17 bits per heavy atom. The Morgan fingerprint density at radius 2 is 2.50 bits per heavy atom. The Morgan fingerprint density at radius 1 is 1.50 bits per heavy atom. The number of nitrogens with zero attached hydrogens (tertiary/aromatic N) is 1. The number of hydrogen-bond acceptors (Lipinski definition) is 3. The van der Waals surface area contributed by atoms with E-state index in [4.69, 9.17) is 4.74 Å². The summed E-state index contributed by atoms with van der Waals surface area (Å²) in [5, 5.41) is 3.35. The van der Waals surface area contributed by atoms with Crippen LogP contribution in [0.3, 0.4) is 0 Å². The lowest BCUT2D eigenvalue weighted by Crippen LogP contribution is -2.34. The van der Waals surface area contributed by atoms with Crippen molar-refractivity contribution in [2.24, 2.45) is 0 Å². The maximum atomic E-state index is 5.33. The fourth-order valence-electron chi connectivity index (χ4n) is 1.34. The van der Waals surface area contributed by atoms with Crippen LogP contribution in [-0.2, 0) is 4.74 Å². The van der Waals surface area contributed by atoms with E-state index in [0.29, 0.717) is 0 Å². The first-order valence-corrected chi connectivity index (χ1v) is 4.19. The van der Waals surface area contributed by atoms with Crippen LogP contribution in [0.25, 0.3) is 0 Å². The molecule has 1 aliphatic rings. The van der Waals surface area contributed by atoms with Crippen molar-refractivity contribution in [1.29, 1.82) is 0 Å². The van der Waals surface area contributed by atoms with Gasteiger partial charge in [-0.1, -0.05) is 6.07 Å². The van der Waals surface area contributed by atoms with Gasteiger partial charge in [0.25, 0.3) is 0 Å². The number of aromatic nitrogens is 1. The molecule has 1 unspecified atom stereocenters. The second-order valence-corrected chi connectivity index (χ2v) is 2.84.